The summed E-state index contributed by atoms with van der Waals surface area (Å²) in [4.78, 5) is 0. The van der Waals surface area contributed by atoms with Gasteiger partial charge in [0.1, 0.15) is 0 Å². The van der Waals surface area contributed by atoms with Crippen molar-refractivity contribution < 1.29 is 8.78 Å². The number of alkyl halides is 2. The maximum atomic E-state index is 12.7. The molecule has 0 heterocycles. The van der Waals surface area contributed by atoms with Crippen molar-refractivity contribution in [2.24, 2.45) is 23.7 Å². The predicted molar refractivity (Wildman–Crippen MR) is 102 cm³/mol. The van der Waals surface area contributed by atoms with Crippen LogP contribution < -0.4 is 0 Å². The second-order valence-electron chi connectivity index (χ2n) is 8.53. The Bertz CT molecular complexity index is 282. The molecule has 2 heteroatoms. The van der Waals surface area contributed by atoms with Gasteiger partial charge in [0.15, 0.2) is 0 Å². The lowest BCUT2D eigenvalue weighted by Gasteiger charge is -2.28. The van der Waals surface area contributed by atoms with Gasteiger partial charge >= 0.3 is 0 Å². The first-order chi connectivity index (χ1) is 11.6. The van der Waals surface area contributed by atoms with Gasteiger partial charge in [0.25, 0.3) is 0 Å². The van der Waals surface area contributed by atoms with Crippen LogP contribution in [0, 0.1) is 23.7 Å². The highest BCUT2D eigenvalue weighted by atomic mass is 19.3. The summed E-state index contributed by atoms with van der Waals surface area (Å²) in [5, 5.41) is 0. The summed E-state index contributed by atoms with van der Waals surface area (Å²) in [5.74, 6) is 2.22. The number of rotatable bonds is 13. The molecule has 1 aliphatic rings. The molecule has 0 amide bonds. The Hall–Kier alpha value is -0.140. The van der Waals surface area contributed by atoms with Crippen molar-refractivity contribution in [1.82, 2.24) is 0 Å². The van der Waals surface area contributed by atoms with Crippen molar-refractivity contribution in [3.8, 4) is 0 Å². The van der Waals surface area contributed by atoms with Crippen LogP contribution in [0.4, 0.5) is 8.78 Å². The molecule has 0 spiro atoms. The van der Waals surface area contributed by atoms with Gasteiger partial charge in [0.2, 0.25) is 6.43 Å². The third-order valence-corrected chi connectivity index (χ3v) is 6.26. The minimum Gasteiger partial charge on any atom is -0.210 e. The Morgan fingerprint density at radius 1 is 0.792 bits per heavy atom. The van der Waals surface area contributed by atoms with Gasteiger partial charge in [-0.25, -0.2) is 8.78 Å². The molecular weight excluding hydrogens is 302 g/mol. The summed E-state index contributed by atoms with van der Waals surface area (Å²) in [7, 11) is 0. The monoisotopic (exact) mass is 344 g/mol. The lowest BCUT2D eigenvalue weighted by molar-refractivity contribution is 0.0453. The van der Waals surface area contributed by atoms with E-state index in [2.05, 4.69) is 20.8 Å². The van der Waals surface area contributed by atoms with E-state index >= 15 is 0 Å². The molecule has 1 fully saturated rings. The standard InChI is InChI=1S/C22H42F2/c1-4-8-18(3)10-6-11-19(9-5-2)12-7-13-20-14-16-21(17-15-20)22(23)24/h18-22H,4-17H2,1-3H3. The lowest BCUT2D eigenvalue weighted by atomic mass is 9.79. The van der Waals surface area contributed by atoms with Crippen molar-refractivity contribution in [3.63, 3.8) is 0 Å². The van der Waals surface area contributed by atoms with Gasteiger partial charge in [-0.1, -0.05) is 85.0 Å². The maximum Gasteiger partial charge on any atom is 0.241 e. The van der Waals surface area contributed by atoms with Crippen LogP contribution in [0.2, 0.25) is 0 Å². The highest BCUT2D eigenvalue weighted by Gasteiger charge is 2.27. The molecule has 2 atom stereocenters. The smallest absolute Gasteiger partial charge is 0.210 e. The molecule has 2 unspecified atom stereocenters. The molecule has 0 aromatic heterocycles. The summed E-state index contributed by atoms with van der Waals surface area (Å²) >= 11 is 0. The zero-order valence-corrected chi connectivity index (χ0v) is 16.5. The Morgan fingerprint density at radius 2 is 1.42 bits per heavy atom. The molecule has 0 aliphatic heterocycles. The van der Waals surface area contributed by atoms with E-state index in [0.717, 1.165) is 43.4 Å². The van der Waals surface area contributed by atoms with E-state index in [-0.39, 0.29) is 5.92 Å². The van der Waals surface area contributed by atoms with E-state index < -0.39 is 6.43 Å². The quantitative estimate of drug-likeness (QED) is 0.315. The van der Waals surface area contributed by atoms with Gasteiger partial charge in [0.05, 0.1) is 0 Å². The summed E-state index contributed by atoms with van der Waals surface area (Å²) < 4.78 is 25.4. The Kier molecular flexibility index (Phi) is 12.0. The van der Waals surface area contributed by atoms with Crippen LogP contribution in [0.25, 0.3) is 0 Å². The van der Waals surface area contributed by atoms with E-state index in [1.807, 2.05) is 0 Å². The van der Waals surface area contributed by atoms with E-state index in [1.165, 1.54) is 64.2 Å². The second-order valence-corrected chi connectivity index (χ2v) is 8.53. The summed E-state index contributed by atoms with van der Waals surface area (Å²) in [6.45, 7) is 6.98. The number of halogens is 2. The first-order valence-electron chi connectivity index (χ1n) is 10.8. The van der Waals surface area contributed by atoms with E-state index in [4.69, 9.17) is 0 Å². The average Bonchev–Trinajstić information content (AvgIpc) is 2.55. The van der Waals surface area contributed by atoms with Gasteiger partial charge in [-0.2, -0.15) is 0 Å². The van der Waals surface area contributed by atoms with Crippen molar-refractivity contribution in [2.75, 3.05) is 0 Å². The van der Waals surface area contributed by atoms with Crippen LogP contribution in [0.5, 0.6) is 0 Å². The van der Waals surface area contributed by atoms with Crippen molar-refractivity contribution in [3.05, 3.63) is 0 Å². The van der Waals surface area contributed by atoms with E-state index in [0.29, 0.717) is 0 Å². The SMILES string of the molecule is CCCC(C)CCCC(CCC)CCCC1CCC(C(F)F)CC1. The van der Waals surface area contributed by atoms with Gasteiger partial charge < -0.3 is 0 Å². The van der Waals surface area contributed by atoms with Gasteiger partial charge in [-0.3, -0.25) is 0 Å². The molecule has 0 nitrogen and oxygen atoms in total. The summed E-state index contributed by atoms with van der Waals surface area (Å²) in [5.41, 5.74) is 0. The van der Waals surface area contributed by atoms with Crippen LogP contribution in [0.3, 0.4) is 0 Å². The molecule has 1 aliphatic carbocycles. The normalized spacial score (nSPS) is 24.2. The average molecular weight is 345 g/mol. The first-order valence-corrected chi connectivity index (χ1v) is 10.8. The molecule has 144 valence electrons. The molecule has 0 aromatic rings. The van der Waals surface area contributed by atoms with Crippen LogP contribution >= 0.6 is 0 Å². The van der Waals surface area contributed by atoms with Gasteiger partial charge in [-0.15, -0.1) is 0 Å². The molecule has 0 bridgehead atoms. The van der Waals surface area contributed by atoms with Crippen LogP contribution in [-0.2, 0) is 0 Å². The largest absolute Gasteiger partial charge is 0.241 e. The van der Waals surface area contributed by atoms with Crippen LogP contribution in [0.15, 0.2) is 0 Å². The molecule has 0 radical (unpaired) electrons. The van der Waals surface area contributed by atoms with Crippen LogP contribution in [0.1, 0.15) is 111 Å². The number of hydrogen-bond acceptors (Lipinski definition) is 0. The van der Waals surface area contributed by atoms with Crippen molar-refractivity contribution >= 4 is 0 Å². The van der Waals surface area contributed by atoms with E-state index in [9.17, 15) is 8.78 Å². The molecule has 0 aromatic carbocycles. The van der Waals surface area contributed by atoms with E-state index in [1.54, 1.807) is 0 Å². The fourth-order valence-electron chi connectivity index (χ4n) is 4.66. The molecule has 0 N–H and O–H groups in total. The fraction of sp³-hybridized carbons (Fsp3) is 1.00. The molecule has 24 heavy (non-hydrogen) atoms. The highest BCUT2D eigenvalue weighted by Crippen LogP contribution is 2.35. The van der Waals surface area contributed by atoms with Crippen molar-refractivity contribution in [2.45, 2.75) is 117 Å². The fourth-order valence-corrected chi connectivity index (χ4v) is 4.66. The Morgan fingerprint density at radius 3 is 2.00 bits per heavy atom. The number of hydrogen-bond donors (Lipinski definition) is 0. The second kappa shape index (κ2) is 13.1. The molecule has 1 rings (SSSR count). The van der Waals surface area contributed by atoms with Gasteiger partial charge in [0, 0.05) is 5.92 Å². The molecule has 0 saturated heterocycles. The zero-order chi connectivity index (χ0) is 17.8. The van der Waals surface area contributed by atoms with Gasteiger partial charge in [-0.05, 0) is 43.4 Å². The lowest BCUT2D eigenvalue weighted by Crippen LogP contribution is -2.20. The highest BCUT2D eigenvalue weighted by molar-refractivity contribution is 4.74. The third kappa shape index (κ3) is 9.37. The van der Waals surface area contributed by atoms with Crippen molar-refractivity contribution in [1.29, 1.82) is 0 Å². The maximum absolute atomic E-state index is 12.7. The topological polar surface area (TPSA) is 0 Å². The molecule has 1 saturated carbocycles. The predicted octanol–water partition coefficient (Wildman–Crippen LogP) is 8.25. The minimum atomic E-state index is -2.09. The summed E-state index contributed by atoms with van der Waals surface area (Å²) in [6, 6.07) is 0. The first kappa shape index (κ1) is 21.9. The minimum absolute atomic E-state index is 0.306. The molecular formula is C22H42F2. The third-order valence-electron chi connectivity index (χ3n) is 6.26. The Labute approximate surface area is 150 Å². The summed E-state index contributed by atoms with van der Waals surface area (Å²) in [6.07, 6.45) is 15.0. The Balaban J connectivity index is 2.15. The van der Waals surface area contributed by atoms with Crippen LogP contribution in [-0.4, -0.2) is 6.43 Å². The zero-order valence-electron chi connectivity index (χ0n) is 16.5.